The van der Waals surface area contributed by atoms with Gasteiger partial charge in [0.05, 0.1) is 12.6 Å². The van der Waals surface area contributed by atoms with Gasteiger partial charge >= 0.3 is 0 Å². The number of hydrogen-bond acceptors (Lipinski definition) is 4. The van der Waals surface area contributed by atoms with Gasteiger partial charge in [0, 0.05) is 13.2 Å². The molecule has 1 rings (SSSR count). The van der Waals surface area contributed by atoms with Crippen molar-refractivity contribution in [2.45, 2.75) is 19.3 Å². The summed E-state index contributed by atoms with van der Waals surface area (Å²) < 4.78 is 0. The Morgan fingerprint density at radius 1 is 1.62 bits per heavy atom. The van der Waals surface area contributed by atoms with E-state index in [1.165, 1.54) is 0 Å². The Morgan fingerprint density at radius 2 is 2.44 bits per heavy atom. The summed E-state index contributed by atoms with van der Waals surface area (Å²) in [5, 5.41) is 19.7. The topological polar surface area (TPSA) is 76.4 Å². The lowest BCUT2D eigenvalue weighted by Gasteiger charge is -2.31. The third-order valence-electron chi connectivity index (χ3n) is 2.87. The van der Waals surface area contributed by atoms with E-state index in [0.29, 0.717) is 12.5 Å². The molecule has 0 aromatic rings. The second kappa shape index (κ2) is 7.20. The molecule has 1 aliphatic rings. The van der Waals surface area contributed by atoms with Crippen molar-refractivity contribution in [2.24, 2.45) is 5.92 Å². The summed E-state index contributed by atoms with van der Waals surface area (Å²) in [5.41, 5.74) is 0. The summed E-state index contributed by atoms with van der Waals surface area (Å²) in [7, 11) is 0. The lowest BCUT2D eigenvalue weighted by atomic mass is 9.95. The van der Waals surface area contributed by atoms with Gasteiger partial charge in [-0.1, -0.05) is 0 Å². The molecule has 0 aromatic heterocycles. The second-order valence-corrected chi connectivity index (χ2v) is 4.19. The maximum atomic E-state index is 11.4. The highest BCUT2D eigenvalue weighted by Crippen LogP contribution is 2.18. The molecule has 0 aromatic carbocycles. The largest absolute Gasteiger partial charge is 0.396 e. The number of hydrogen-bond donors (Lipinski definition) is 2. The van der Waals surface area contributed by atoms with Gasteiger partial charge in [0.1, 0.15) is 6.54 Å². The lowest BCUT2D eigenvalue weighted by Crippen LogP contribution is -2.42. The highest BCUT2D eigenvalue weighted by Gasteiger charge is 2.20. The normalized spacial score (nSPS) is 21.4. The summed E-state index contributed by atoms with van der Waals surface area (Å²) >= 11 is 0. The maximum absolute atomic E-state index is 11.4. The minimum Gasteiger partial charge on any atom is -0.396 e. The molecule has 1 heterocycles. The average Bonchev–Trinajstić information content (AvgIpc) is 2.27. The van der Waals surface area contributed by atoms with Crippen molar-refractivity contribution in [3.05, 3.63) is 0 Å². The van der Waals surface area contributed by atoms with E-state index >= 15 is 0 Å². The van der Waals surface area contributed by atoms with Gasteiger partial charge in [0.2, 0.25) is 5.91 Å². The molecule has 0 spiro atoms. The fraction of sp³-hybridized carbons (Fsp3) is 0.818. The molecule has 1 aliphatic heterocycles. The zero-order chi connectivity index (χ0) is 11.8. The van der Waals surface area contributed by atoms with Gasteiger partial charge in [-0.2, -0.15) is 5.26 Å². The first-order chi connectivity index (χ1) is 7.76. The van der Waals surface area contributed by atoms with Crippen LogP contribution in [-0.4, -0.2) is 48.7 Å². The Hall–Kier alpha value is -1.12. The molecule has 2 N–H and O–H groups in total. The molecule has 0 radical (unpaired) electrons. The number of nitrogens with one attached hydrogen (secondary N) is 1. The number of piperidine rings is 1. The number of rotatable bonds is 5. The molecule has 1 amide bonds. The fourth-order valence-corrected chi connectivity index (χ4v) is 2.11. The highest BCUT2D eigenvalue weighted by atomic mass is 16.3. The number of likely N-dealkylation sites (tertiary alicyclic amines) is 1. The van der Waals surface area contributed by atoms with Crippen LogP contribution in [0.2, 0.25) is 0 Å². The number of carbonyl (C=O) groups is 1. The van der Waals surface area contributed by atoms with Crippen LogP contribution in [-0.2, 0) is 4.79 Å². The highest BCUT2D eigenvalue weighted by molar-refractivity contribution is 5.78. The molecular weight excluding hydrogens is 206 g/mol. The van der Waals surface area contributed by atoms with E-state index in [2.05, 4.69) is 10.2 Å². The molecule has 90 valence electrons. The van der Waals surface area contributed by atoms with Crippen LogP contribution >= 0.6 is 0 Å². The van der Waals surface area contributed by atoms with Crippen molar-refractivity contribution >= 4 is 5.91 Å². The van der Waals surface area contributed by atoms with Gasteiger partial charge in [-0.25, -0.2) is 0 Å². The van der Waals surface area contributed by atoms with Crippen molar-refractivity contribution in [1.29, 1.82) is 5.26 Å². The van der Waals surface area contributed by atoms with E-state index in [0.717, 1.165) is 32.4 Å². The van der Waals surface area contributed by atoms with Crippen molar-refractivity contribution in [1.82, 2.24) is 10.2 Å². The Morgan fingerprint density at radius 3 is 3.12 bits per heavy atom. The third-order valence-corrected chi connectivity index (χ3v) is 2.87. The lowest BCUT2D eigenvalue weighted by molar-refractivity contribution is -0.122. The van der Waals surface area contributed by atoms with Crippen LogP contribution in [0.25, 0.3) is 0 Å². The summed E-state index contributed by atoms with van der Waals surface area (Å²) in [5.74, 6) is 0.411. The number of amides is 1. The van der Waals surface area contributed by atoms with Crippen molar-refractivity contribution < 1.29 is 9.90 Å². The standard InChI is InChI=1S/C11H19N3O2/c12-4-5-13-11(16)9-14-6-1-2-10(8-14)3-7-15/h10,15H,1-3,5-9H2,(H,13,16). The second-order valence-electron chi connectivity index (χ2n) is 4.19. The van der Waals surface area contributed by atoms with Gasteiger partial charge in [-0.3, -0.25) is 9.69 Å². The van der Waals surface area contributed by atoms with E-state index < -0.39 is 0 Å². The maximum Gasteiger partial charge on any atom is 0.235 e. The van der Waals surface area contributed by atoms with Gasteiger partial charge in [-0.15, -0.1) is 0 Å². The molecule has 0 saturated carbocycles. The number of nitrogens with zero attached hydrogens (tertiary/aromatic N) is 2. The van der Waals surface area contributed by atoms with Crippen molar-refractivity contribution in [3.8, 4) is 6.07 Å². The Kier molecular flexibility index (Phi) is 5.83. The summed E-state index contributed by atoms with van der Waals surface area (Å²) in [6.45, 7) is 2.47. The quantitative estimate of drug-likeness (QED) is 0.631. The van der Waals surface area contributed by atoms with Crippen LogP contribution in [0, 0.1) is 17.2 Å². The minimum absolute atomic E-state index is 0.0761. The molecule has 1 atom stereocenters. The first kappa shape index (κ1) is 12.9. The van der Waals surface area contributed by atoms with Gasteiger partial charge in [-0.05, 0) is 31.7 Å². The Balaban J connectivity index is 2.26. The van der Waals surface area contributed by atoms with Crippen LogP contribution in [0.15, 0.2) is 0 Å². The van der Waals surface area contributed by atoms with Gasteiger partial charge in [0.25, 0.3) is 0 Å². The van der Waals surface area contributed by atoms with Crippen LogP contribution in [0.3, 0.4) is 0 Å². The van der Waals surface area contributed by atoms with E-state index in [4.69, 9.17) is 10.4 Å². The SMILES string of the molecule is N#CCNC(=O)CN1CCCC(CCO)C1. The van der Waals surface area contributed by atoms with Gasteiger partial charge in [0.15, 0.2) is 0 Å². The van der Waals surface area contributed by atoms with Crippen LogP contribution < -0.4 is 5.32 Å². The molecule has 0 aliphatic carbocycles. The fourth-order valence-electron chi connectivity index (χ4n) is 2.11. The molecule has 5 nitrogen and oxygen atoms in total. The van der Waals surface area contributed by atoms with Crippen LogP contribution in [0.1, 0.15) is 19.3 Å². The molecule has 16 heavy (non-hydrogen) atoms. The summed E-state index contributed by atoms with van der Waals surface area (Å²) in [4.78, 5) is 13.5. The number of aliphatic hydroxyl groups excluding tert-OH is 1. The molecule has 5 heteroatoms. The molecule has 0 bridgehead atoms. The Bertz CT molecular complexity index is 260. The molecule has 1 fully saturated rings. The molecular formula is C11H19N3O2. The zero-order valence-electron chi connectivity index (χ0n) is 9.48. The molecule has 1 saturated heterocycles. The zero-order valence-corrected chi connectivity index (χ0v) is 9.48. The monoisotopic (exact) mass is 225 g/mol. The van der Waals surface area contributed by atoms with Crippen LogP contribution in [0.4, 0.5) is 0 Å². The number of nitriles is 1. The number of aliphatic hydroxyl groups is 1. The summed E-state index contributed by atoms with van der Waals surface area (Å²) in [6.07, 6.45) is 3.03. The van der Waals surface area contributed by atoms with E-state index in [1.54, 1.807) is 0 Å². The van der Waals surface area contributed by atoms with Crippen molar-refractivity contribution in [2.75, 3.05) is 32.8 Å². The van der Waals surface area contributed by atoms with Crippen LogP contribution in [0.5, 0.6) is 0 Å². The van der Waals surface area contributed by atoms with Gasteiger partial charge < -0.3 is 10.4 Å². The van der Waals surface area contributed by atoms with Crippen molar-refractivity contribution in [3.63, 3.8) is 0 Å². The third kappa shape index (κ3) is 4.60. The predicted octanol–water partition coefficient (Wildman–Crippen LogP) is -0.279. The minimum atomic E-state index is -0.0915. The predicted molar refractivity (Wildman–Crippen MR) is 59.5 cm³/mol. The number of carbonyl (C=O) groups excluding carboxylic acids is 1. The molecule has 1 unspecified atom stereocenters. The Labute approximate surface area is 96.0 Å². The van der Waals surface area contributed by atoms with E-state index in [9.17, 15) is 4.79 Å². The smallest absolute Gasteiger partial charge is 0.235 e. The first-order valence-electron chi connectivity index (χ1n) is 5.73. The van der Waals surface area contributed by atoms with E-state index in [1.807, 2.05) is 6.07 Å². The summed E-state index contributed by atoms with van der Waals surface area (Å²) in [6, 6.07) is 1.88. The average molecular weight is 225 g/mol. The van der Waals surface area contributed by atoms with E-state index in [-0.39, 0.29) is 19.1 Å². The first-order valence-corrected chi connectivity index (χ1v) is 5.73.